The summed E-state index contributed by atoms with van der Waals surface area (Å²) in [4.78, 5) is 9.10. The van der Waals surface area contributed by atoms with Crippen LogP contribution in [0.2, 0.25) is 0 Å². The van der Waals surface area contributed by atoms with Crippen LogP contribution < -0.4 is 10.6 Å². The number of aryl methyl sites for hydroxylation is 2. The van der Waals surface area contributed by atoms with Crippen LogP contribution in [-0.4, -0.2) is 52.5 Å². The van der Waals surface area contributed by atoms with Gasteiger partial charge in [0.2, 0.25) is 0 Å². The van der Waals surface area contributed by atoms with Crippen LogP contribution in [0, 0.1) is 13.8 Å². The number of ether oxygens (including phenoxy) is 1. The second kappa shape index (κ2) is 12.2. The molecule has 0 atom stereocenters. The number of hydrogen-bond donors (Lipinski definition) is 2. The first-order valence-electron chi connectivity index (χ1n) is 8.37. The van der Waals surface area contributed by atoms with Crippen molar-refractivity contribution in [2.75, 3.05) is 26.8 Å². The summed E-state index contributed by atoms with van der Waals surface area (Å²) in [7, 11) is 3.66. The summed E-state index contributed by atoms with van der Waals surface area (Å²) >= 11 is 1.68. The van der Waals surface area contributed by atoms with Crippen LogP contribution in [0.4, 0.5) is 0 Å². The average molecular weight is 493 g/mol. The van der Waals surface area contributed by atoms with Crippen LogP contribution >= 0.6 is 35.3 Å². The van der Waals surface area contributed by atoms with Gasteiger partial charge in [-0.3, -0.25) is 0 Å². The Hall–Kier alpha value is -1.27. The highest BCUT2D eigenvalue weighted by molar-refractivity contribution is 14.0. The lowest BCUT2D eigenvalue weighted by molar-refractivity contribution is 0.195. The van der Waals surface area contributed by atoms with E-state index in [0.717, 1.165) is 60.8 Å². The molecule has 0 radical (unpaired) electrons. The molecule has 0 unspecified atom stereocenters. The van der Waals surface area contributed by atoms with Gasteiger partial charge in [-0.15, -0.1) is 45.5 Å². The number of rotatable bonds is 9. The molecular weight excluding hydrogens is 465 g/mol. The number of aromatic nitrogens is 4. The Kier molecular flexibility index (Phi) is 10.7. The molecule has 0 fully saturated rings. The minimum Gasteiger partial charge on any atom is -0.385 e. The molecule has 0 aromatic carbocycles. The minimum atomic E-state index is 0. The van der Waals surface area contributed by atoms with Gasteiger partial charge in [-0.2, -0.15) is 0 Å². The number of nitrogens with zero attached hydrogens (tertiary/aromatic N) is 5. The molecule has 0 aliphatic carbocycles. The van der Waals surface area contributed by atoms with Gasteiger partial charge >= 0.3 is 0 Å². The molecule has 2 aromatic heterocycles. The van der Waals surface area contributed by atoms with Crippen LogP contribution in [0.3, 0.4) is 0 Å². The van der Waals surface area contributed by atoms with Crippen LogP contribution in [0.5, 0.6) is 0 Å². The van der Waals surface area contributed by atoms with Crippen molar-refractivity contribution in [2.45, 2.75) is 33.2 Å². The molecule has 146 valence electrons. The van der Waals surface area contributed by atoms with Gasteiger partial charge in [-0.1, -0.05) is 0 Å². The van der Waals surface area contributed by atoms with Gasteiger partial charge in [0.25, 0.3) is 0 Å². The van der Waals surface area contributed by atoms with E-state index in [1.54, 1.807) is 18.4 Å². The Morgan fingerprint density at radius 1 is 1.27 bits per heavy atom. The fourth-order valence-corrected chi connectivity index (χ4v) is 2.82. The maximum Gasteiger partial charge on any atom is 0.191 e. The van der Waals surface area contributed by atoms with Crippen molar-refractivity contribution in [3.8, 4) is 0 Å². The molecule has 0 aliphatic heterocycles. The number of thiazole rings is 1. The number of guanidine groups is 1. The van der Waals surface area contributed by atoms with Crippen molar-refractivity contribution in [1.82, 2.24) is 30.4 Å². The van der Waals surface area contributed by atoms with E-state index in [4.69, 9.17) is 4.74 Å². The van der Waals surface area contributed by atoms with Crippen molar-refractivity contribution in [2.24, 2.45) is 12.0 Å². The summed E-state index contributed by atoms with van der Waals surface area (Å²) in [5, 5.41) is 18.1. The van der Waals surface area contributed by atoms with Crippen LogP contribution in [0.15, 0.2) is 10.4 Å². The van der Waals surface area contributed by atoms with E-state index in [-0.39, 0.29) is 24.0 Å². The Bertz CT molecular complexity index is 686. The van der Waals surface area contributed by atoms with Crippen molar-refractivity contribution in [3.05, 3.63) is 27.7 Å². The van der Waals surface area contributed by atoms with E-state index in [9.17, 15) is 0 Å². The third-order valence-corrected chi connectivity index (χ3v) is 4.54. The zero-order valence-corrected chi connectivity index (χ0v) is 18.9. The van der Waals surface area contributed by atoms with E-state index >= 15 is 0 Å². The van der Waals surface area contributed by atoms with Gasteiger partial charge in [-0.25, -0.2) is 9.98 Å². The van der Waals surface area contributed by atoms with E-state index in [1.807, 2.05) is 25.5 Å². The standard InChI is InChI=1S/C16H27N7OS.HI/c1-12-21-22-15(23(12)3)10-19-16(17-7-5-9-24-4)18-8-6-14-11-25-13(2)20-14;/h11H,5-10H2,1-4H3,(H2,17,18,19);1H. The van der Waals surface area contributed by atoms with Gasteiger partial charge in [0, 0.05) is 45.7 Å². The van der Waals surface area contributed by atoms with Gasteiger partial charge in [-0.05, 0) is 20.3 Å². The summed E-state index contributed by atoms with van der Waals surface area (Å²) < 4.78 is 7.03. The van der Waals surface area contributed by atoms with E-state index in [2.05, 4.69) is 36.2 Å². The molecule has 0 saturated heterocycles. The molecule has 0 aliphatic rings. The number of halogens is 1. The molecule has 0 bridgehead atoms. The number of aliphatic imine (C=N–C) groups is 1. The first kappa shape index (κ1) is 22.8. The van der Waals surface area contributed by atoms with Crippen LogP contribution in [0.25, 0.3) is 0 Å². The largest absolute Gasteiger partial charge is 0.385 e. The minimum absolute atomic E-state index is 0. The lowest BCUT2D eigenvalue weighted by atomic mass is 10.3. The second-order valence-electron chi connectivity index (χ2n) is 5.70. The van der Waals surface area contributed by atoms with Gasteiger partial charge < -0.3 is 19.9 Å². The van der Waals surface area contributed by atoms with E-state index in [0.29, 0.717) is 6.54 Å². The fourth-order valence-electron chi connectivity index (χ4n) is 2.17. The first-order chi connectivity index (χ1) is 12.1. The Morgan fingerprint density at radius 3 is 2.65 bits per heavy atom. The summed E-state index contributed by atoms with van der Waals surface area (Å²) in [5.74, 6) is 2.49. The highest BCUT2D eigenvalue weighted by atomic mass is 127. The van der Waals surface area contributed by atoms with Crippen molar-refractivity contribution in [1.29, 1.82) is 0 Å². The lowest BCUT2D eigenvalue weighted by Gasteiger charge is -2.12. The summed E-state index contributed by atoms with van der Waals surface area (Å²) in [5.41, 5.74) is 1.11. The Morgan fingerprint density at radius 2 is 2.04 bits per heavy atom. The third-order valence-electron chi connectivity index (χ3n) is 3.72. The molecule has 10 heteroatoms. The molecule has 2 aromatic rings. The van der Waals surface area contributed by atoms with Crippen LogP contribution in [0.1, 0.15) is 28.8 Å². The molecular formula is C16H28IN7OS. The Labute approximate surface area is 175 Å². The predicted molar refractivity (Wildman–Crippen MR) is 115 cm³/mol. The number of methoxy groups -OCH3 is 1. The van der Waals surface area contributed by atoms with Crippen molar-refractivity contribution in [3.63, 3.8) is 0 Å². The molecule has 26 heavy (non-hydrogen) atoms. The average Bonchev–Trinajstić information content (AvgIpc) is 3.15. The zero-order valence-electron chi connectivity index (χ0n) is 15.8. The van der Waals surface area contributed by atoms with Gasteiger partial charge in [0.15, 0.2) is 11.8 Å². The second-order valence-corrected chi connectivity index (χ2v) is 6.76. The molecule has 0 amide bonds. The van der Waals surface area contributed by atoms with E-state index < -0.39 is 0 Å². The summed E-state index contributed by atoms with van der Waals surface area (Å²) in [6.45, 7) is 6.73. The molecule has 0 saturated carbocycles. The van der Waals surface area contributed by atoms with Gasteiger partial charge in [0.1, 0.15) is 12.4 Å². The SMILES string of the molecule is COCCCNC(=NCc1nnc(C)n1C)NCCc1csc(C)n1.I. The molecule has 2 heterocycles. The quantitative estimate of drug-likeness (QED) is 0.240. The predicted octanol–water partition coefficient (Wildman–Crippen LogP) is 1.82. The molecule has 0 spiro atoms. The maximum atomic E-state index is 5.08. The van der Waals surface area contributed by atoms with Gasteiger partial charge in [0.05, 0.1) is 10.7 Å². The Balaban J connectivity index is 0.00000338. The molecule has 2 rings (SSSR count). The number of nitrogens with one attached hydrogen (secondary N) is 2. The zero-order chi connectivity index (χ0) is 18.1. The molecule has 2 N–H and O–H groups in total. The normalized spacial score (nSPS) is 11.3. The topological polar surface area (TPSA) is 89.2 Å². The summed E-state index contributed by atoms with van der Waals surface area (Å²) in [6, 6.07) is 0. The lowest BCUT2D eigenvalue weighted by Crippen LogP contribution is -2.39. The van der Waals surface area contributed by atoms with Crippen LogP contribution in [-0.2, 0) is 24.8 Å². The highest BCUT2D eigenvalue weighted by Gasteiger charge is 2.05. The smallest absolute Gasteiger partial charge is 0.191 e. The number of hydrogen-bond acceptors (Lipinski definition) is 6. The summed E-state index contributed by atoms with van der Waals surface area (Å²) in [6.07, 6.45) is 1.79. The fraction of sp³-hybridized carbons (Fsp3) is 0.625. The highest BCUT2D eigenvalue weighted by Crippen LogP contribution is 2.07. The van der Waals surface area contributed by atoms with Crippen molar-refractivity contribution < 1.29 is 4.74 Å². The maximum absolute atomic E-state index is 5.08. The monoisotopic (exact) mass is 493 g/mol. The first-order valence-corrected chi connectivity index (χ1v) is 9.25. The molecule has 8 nitrogen and oxygen atoms in total. The third kappa shape index (κ3) is 7.54. The van der Waals surface area contributed by atoms with Crippen molar-refractivity contribution >= 4 is 41.3 Å². The van der Waals surface area contributed by atoms with E-state index in [1.165, 1.54) is 0 Å².